The first kappa shape index (κ1) is 17.7. The summed E-state index contributed by atoms with van der Waals surface area (Å²) in [4.78, 5) is 22.9. The Labute approximate surface area is 169 Å². The van der Waals surface area contributed by atoms with Gasteiger partial charge in [-0.15, -0.1) is 0 Å². The first-order valence-corrected chi connectivity index (χ1v) is 9.22. The van der Waals surface area contributed by atoms with E-state index < -0.39 is 11.7 Å². The lowest BCUT2D eigenvalue weighted by molar-refractivity contribution is 0.0704. The summed E-state index contributed by atoms with van der Waals surface area (Å²) in [6.45, 7) is 0.275. The van der Waals surface area contributed by atoms with Gasteiger partial charge in [-0.3, -0.25) is 9.20 Å². The van der Waals surface area contributed by atoms with Crippen LogP contribution in [0.4, 0.5) is 10.2 Å². The molecular formula is C20H15ClFN5O2. The van der Waals surface area contributed by atoms with Gasteiger partial charge in [0.1, 0.15) is 29.5 Å². The van der Waals surface area contributed by atoms with E-state index in [4.69, 9.17) is 22.1 Å². The van der Waals surface area contributed by atoms with Crippen molar-refractivity contribution in [3.63, 3.8) is 0 Å². The summed E-state index contributed by atoms with van der Waals surface area (Å²) in [5.41, 5.74) is 8.15. The number of nitrogens with two attached hydrogens (primary N) is 1. The Morgan fingerprint density at radius 2 is 2.17 bits per heavy atom. The normalized spacial score (nSPS) is 15.5. The number of nitrogen functional groups attached to an aromatic ring is 1. The Morgan fingerprint density at radius 3 is 3.00 bits per heavy atom. The van der Waals surface area contributed by atoms with E-state index in [1.54, 1.807) is 36.1 Å². The van der Waals surface area contributed by atoms with E-state index in [1.165, 1.54) is 17.0 Å². The van der Waals surface area contributed by atoms with Gasteiger partial charge in [-0.2, -0.15) is 0 Å². The summed E-state index contributed by atoms with van der Waals surface area (Å²) in [6, 6.07) is 7.61. The van der Waals surface area contributed by atoms with Crippen LogP contribution in [-0.2, 0) is 0 Å². The van der Waals surface area contributed by atoms with Crippen molar-refractivity contribution in [2.75, 3.05) is 19.4 Å². The Hall–Kier alpha value is -3.39. The molecule has 2 N–H and O–H groups in total. The highest BCUT2D eigenvalue weighted by atomic mass is 35.5. The number of hydrogen-bond acceptors (Lipinski definition) is 5. The van der Waals surface area contributed by atoms with Gasteiger partial charge in [0.2, 0.25) is 0 Å². The highest BCUT2D eigenvalue weighted by Gasteiger charge is 2.32. The topological polar surface area (TPSA) is 85.8 Å². The van der Waals surface area contributed by atoms with Gasteiger partial charge in [0.25, 0.3) is 5.91 Å². The summed E-state index contributed by atoms with van der Waals surface area (Å²) in [5, 5.41) is 0.551. The molecule has 1 aliphatic rings. The second kappa shape index (κ2) is 6.31. The summed E-state index contributed by atoms with van der Waals surface area (Å²) in [5.74, 6) is -0.272. The van der Waals surface area contributed by atoms with E-state index in [0.717, 1.165) is 5.56 Å². The SMILES string of the molecule is CN(C(=O)c1cc2c(cc1F)nc(N)c1cncn12)[C@@H]1COc2cc(Cl)ccc21. The van der Waals surface area contributed by atoms with Gasteiger partial charge < -0.3 is 15.4 Å². The fourth-order valence-electron chi connectivity index (χ4n) is 3.68. The number of rotatable bonds is 2. The molecule has 2 aromatic heterocycles. The number of anilines is 1. The Bertz CT molecular complexity index is 1310. The van der Waals surface area contributed by atoms with Crippen molar-refractivity contribution in [3.05, 3.63) is 64.8 Å². The summed E-state index contributed by atoms with van der Waals surface area (Å²) < 4.78 is 22.2. The van der Waals surface area contributed by atoms with Crippen LogP contribution in [0, 0.1) is 5.82 Å². The molecule has 1 amide bonds. The zero-order valence-electron chi connectivity index (χ0n) is 15.3. The van der Waals surface area contributed by atoms with Crippen LogP contribution in [0.2, 0.25) is 5.02 Å². The molecule has 1 atom stereocenters. The largest absolute Gasteiger partial charge is 0.491 e. The van der Waals surface area contributed by atoms with Crippen LogP contribution in [0.25, 0.3) is 16.6 Å². The number of amides is 1. The summed E-state index contributed by atoms with van der Waals surface area (Å²) in [7, 11) is 1.62. The summed E-state index contributed by atoms with van der Waals surface area (Å²) in [6.07, 6.45) is 3.12. The fourth-order valence-corrected chi connectivity index (χ4v) is 3.84. The molecule has 3 heterocycles. The smallest absolute Gasteiger partial charge is 0.257 e. The van der Waals surface area contributed by atoms with Crippen LogP contribution in [0.5, 0.6) is 5.75 Å². The van der Waals surface area contributed by atoms with Gasteiger partial charge in [0.15, 0.2) is 0 Å². The number of carbonyl (C=O) groups is 1. The monoisotopic (exact) mass is 411 g/mol. The molecule has 0 radical (unpaired) electrons. The van der Waals surface area contributed by atoms with E-state index in [9.17, 15) is 9.18 Å². The van der Waals surface area contributed by atoms with Crippen molar-refractivity contribution in [1.82, 2.24) is 19.3 Å². The molecule has 0 fully saturated rings. The van der Waals surface area contributed by atoms with Gasteiger partial charge in [-0.25, -0.2) is 14.4 Å². The lowest BCUT2D eigenvalue weighted by Crippen LogP contribution is -2.32. The molecule has 0 spiro atoms. The molecule has 29 heavy (non-hydrogen) atoms. The Kier molecular flexibility index (Phi) is 3.85. The van der Waals surface area contributed by atoms with Crippen LogP contribution >= 0.6 is 11.6 Å². The maximum atomic E-state index is 14.8. The number of carbonyl (C=O) groups excluding carboxylic acids is 1. The molecule has 2 aromatic carbocycles. The molecule has 9 heteroatoms. The minimum absolute atomic E-state index is 0.0658. The predicted molar refractivity (Wildman–Crippen MR) is 107 cm³/mol. The number of benzene rings is 2. The predicted octanol–water partition coefficient (Wildman–Crippen LogP) is 3.46. The van der Waals surface area contributed by atoms with Gasteiger partial charge in [0, 0.05) is 23.7 Å². The lowest BCUT2D eigenvalue weighted by Gasteiger charge is -2.24. The molecule has 0 saturated carbocycles. The van der Waals surface area contributed by atoms with E-state index in [2.05, 4.69) is 9.97 Å². The molecule has 7 nitrogen and oxygen atoms in total. The van der Waals surface area contributed by atoms with E-state index in [1.807, 2.05) is 6.07 Å². The van der Waals surface area contributed by atoms with Crippen LogP contribution in [0.15, 0.2) is 42.9 Å². The Morgan fingerprint density at radius 1 is 1.34 bits per heavy atom. The Balaban J connectivity index is 1.58. The van der Waals surface area contributed by atoms with E-state index in [0.29, 0.717) is 27.3 Å². The van der Waals surface area contributed by atoms with Crippen molar-refractivity contribution in [3.8, 4) is 5.75 Å². The van der Waals surface area contributed by atoms with Crippen LogP contribution in [0.1, 0.15) is 22.0 Å². The minimum atomic E-state index is -0.670. The van der Waals surface area contributed by atoms with Crippen molar-refractivity contribution < 1.29 is 13.9 Å². The second-order valence-electron chi connectivity index (χ2n) is 6.89. The van der Waals surface area contributed by atoms with Crippen LogP contribution < -0.4 is 10.5 Å². The fraction of sp³-hybridized carbons (Fsp3) is 0.150. The third kappa shape index (κ3) is 2.67. The summed E-state index contributed by atoms with van der Waals surface area (Å²) >= 11 is 6.00. The number of likely N-dealkylation sites (N-methyl/N-ethyl adjacent to an activating group) is 1. The van der Waals surface area contributed by atoms with Gasteiger partial charge in [0.05, 0.1) is 35.2 Å². The average Bonchev–Trinajstić information content (AvgIpc) is 3.34. The standard InChI is InChI=1S/C20H15ClFN5O2/c1-26(17-8-29-18-4-10(21)2-3-11(17)18)20(28)12-5-15-14(6-13(12)22)25-19(23)16-7-24-9-27(15)16/h2-7,9,17H,8H2,1H3,(H2,23,25)/t17-/m1/s1. The molecule has 5 rings (SSSR count). The number of aromatic nitrogens is 3. The average molecular weight is 412 g/mol. The molecular weight excluding hydrogens is 397 g/mol. The number of halogens is 2. The molecule has 146 valence electrons. The van der Waals surface area contributed by atoms with Gasteiger partial charge in [-0.05, 0) is 18.2 Å². The lowest BCUT2D eigenvalue weighted by atomic mass is 10.1. The third-order valence-corrected chi connectivity index (χ3v) is 5.45. The maximum Gasteiger partial charge on any atom is 0.257 e. The van der Waals surface area contributed by atoms with Crippen molar-refractivity contribution in [2.45, 2.75) is 6.04 Å². The number of fused-ring (bicyclic) bond motifs is 4. The molecule has 1 aliphatic heterocycles. The third-order valence-electron chi connectivity index (χ3n) is 5.22. The molecule has 4 aromatic rings. The molecule has 0 bridgehead atoms. The zero-order valence-corrected chi connectivity index (χ0v) is 16.0. The van der Waals surface area contributed by atoms with E-state index >= 15 is 0 Å². The molecule has 0 unspecified atom stereocenters. The van der Waals surface area contributed by atoms with Crippen LogP contribution in [-0.4, -0.2) is 38.8 Å². The number of nitrogens with zero attached hydrogens (tertiary/aromatic N) is 4. The van der Waals surface area contributed by atoms with Gasteiger partial charge >= 0.3 is 0 Å². The van der Waals surface area contributed by atoms with Crippen molar-refractivity contribution >= 4 is 39.9 Å². The van der Waals surface area contributed by atoms with Crippen molar-refractivity contribution in [1.29, 1.82) is 0 Å². The maximum absolute atomic E-state index is 14.8. The first-order chi connectivity index (χ1) is 13.9. The number of ether oxygens (including phenoxy) is 1. The van der Waals surface area contributed by atoms with Crippen LogP contribution in [0.3, 0.4) is 0 Å². The number of hydrogen-bond donors (Lipinski definition) is 1. The molecule has 0 aliphatic carbocycles. The first-order valence-electron chi connectivity index (χ1n) is 8.84. The zero-order chi connectivity index (χ0) is 20.3. The van der Waals surface area contributed by atoms with E-state index in [-0.39, 0.29) is 24.0 Å². The minimum Gasteiger partial charge on any atom is -0.491 e. The molecule has 0 saturated heterocycles. The second-order valence-corrected chi connectivity index (χ2v) is 7.33. The van der Waals surface area contributed by atoms with Crippen molar-refractivity contribution in [2.24, 2.45) is 0 Å². The quantitative estimate of drug-likeness (QED) is 0.546. The number of imidazole rings is 1. The highest BCUT2D eigenvalue weighted by Crippen LogP contribution is 2.38. The van der Waals surface area contributed by atoms with Gasteiger partial charge in [-0.1, -0.05) is 17.7 Å². The highest BCUT2D eigenvalue weighted by molar-refractivity contribution is 6.30.